The maximum Gasteiger partial charge on any atom is 0.253 e. The van der Waals surface area contributed by atoms with Crippen LogP contribution in [0.2, 0.25) is 0 Å². The number of likely N-dealkylation sites (tertiary alicyclic amines) is 1. The van der Waals surface area contributed by atoms with Crippen molar-refractivity contribution in [2.75, 3.05) is 18.4 Å². The number of hydrogen-bond donors (Lipinski definition) is 2. The maximum absolute atomic E-state index is 12.5. The molecule has 110 valence electrons. The molecule has 0 atom stereocenters. The molecule has 0 spiro atoms. The second-order valence-electron chi connectivity index (χ2n) is 5.38. The lowest BCUT2D eigenvalue weighted by Crippen LogP contribution is -2.38. The largest absolute Gasteiger partial charge is 0.411 e. The van der Waals surface area contributed by atoms with Crippen LogP contribution in [0.3, 0.4) is 0 Å². The summed E-state index contributed by atoms with van der Waals surface area (Å²) in [4.78, 5) is 25.6. The Kier molecular flexibility index (Phi) is 3.60. The van der Waals surface area contributed by atoms with Crippen LogP contribution < -0.4 is 5.32 Å². The summed E-state index contributed by atoms with van der Waals surface area (Å²) in [6.45, 7) is 1.15. The van der Waals surface area contributed by atoms with E-state index in [0.29, 0.717) is 44.3 Å². The first-order valence-corrected chi connectivity index (χ1v) is 7.09. The van der Waals surface area contributed by atoms with E-state index in [-0.39, 0.29) is 11.8 Å². The van der Waals surface area contributed by atoms with E-state index in [1.54, 1.807) is 17.0 Å². The van der Waals surface area contributed by atoms with Crippen LogP contribution in [0.5, 0.6) is 0 Å². The zero-order valence-electron chi connectivity index (χ0n) is 11.6. The number of oxime groups is 1. The molecular weight excluding hydrogens is 270 g/mol. The molecule has 0 saturated carbocycles. The highest BCUT2D eigenvalue weighted by atomic mass is 16.4. The van der Waals surface area contributed by atoms with E-state index in [1.807, 2.05) is 6.07 Å². The van der Waals surface area contributed by atoms with Crippen LogP contribution in [0.25, 0.3) is 0 Å². The Morgan fingerprint density at radius 3 is 2.67 bits per heavy atom. The van der Waals surface area contributed by atoms with Gasteiger partial charge in [-0.1, -0.05) is 5.16 Å². The molecule has 0 aromatic heterocycles. The van der Waals surface area contributed by atoms with Crippen LogP contribution in [0.4, 0.5) is 5.69 Å². The van der Waals surface area contributed by atoms with Crippen LogP contribution in [-0.4, -0.2) is 40.7 Å². The summed E-state index contributed by atoms with van der Waals surface area (Å²) < 4.78 is 0. The Morgan fingerprint density at radius 1 is 1.19 bits per heavy atom. The first-order valence-electron chi connectivity index (χ1n) is 7.09. The van der Waals surface area contributed by atoms with Crippen molar-refractivity contribution in [1.82, 2.24) is 4.90 Å². The number of fused-ring (bicyclic) bond motifs is 1. The Morgan fingerprint density at radius 2 is 1.95 bits per heavy atom. The molecule has 1 aromatic carbocycles. The second kappa shape index (κ2) is 5.55. The molecule has 2 aliphatic rings. The first kappa shape index (κ1) is 13.6. The molecule has 2 aliphatic heterocycles. The fourth-order valence-corrected chi connectivity index (χ4v) is 2.77. The van der Waals surface area contributed by atoms with Gasteiger partial charge in [0.05, 0.1) is 5.71 Å². The summed E-state index contributed by atoms with van der Waals surface area (Å²) in [5, 5.41) is 14.8. The lowest BCUT2D eigenvalue weighted by atomic mass is 9.99. The molecule has 2 N–H and O–H groups in total. The van der Waals surface area contributed by atoms with Crippen molar-refractivity contribution in [1.29, 1.82) is 0 Å². The van der Waals surface area contributed by atoms with Crippen molar-refractivity contribution >= 4 is 23.2 Å². The van der Waals surface area contributed by atoms with E-state index in [4.69, 9.17) is 5.21 Å². The quantitative estimate of drug-likeness (QED) is 0.608. The predicted octanol–water partition coefficient (Wildman–Crippen LogP) is 1.64. The number of aryl methyl sites for hydroxylation is 1. The third-order valence-corrected chi connectivity index (χ3v) is 4.02. The van der Waals surface area contributed by atoms with Crippen molar-refractivity contribution in [2.24, 2.45) is 5.16 Å². The zero-order valence-corrected chi connectivity index (χ0v) is 11.6. The van der Waals surface area contributed by atoms with Gasteiger partial charge in [-0.2, -0.15) is 0 Å². The Bertz CT molecular complexity index is 615. The van der Waals surface area contributed by atoms with E-state index in [2.05, 4.69) is 10.5 Å². The zero-order chi connectivity index (χ0) is 14.8. The molecule has 0 bridgehead atoms. The number of hydrogen-bond acceptors (Lipinski definition) is 4. The number of rotatable bonds is 1. The number of anilines is 1. The second-order valence-corrected chi connectivity index (χ2v) is 5.38. The van der Waals surface area contributed by atoms with E-state index >= 15 is 0 Å². The summed E-state index contributed by atoms with van der Waals surface area (Å²) in [6, 6.07) is 5.42. The summed E-state index contributed by atoms with van der Waals surface area (Å²) >= 11 is 0. The number of benzene rings is 1. The molecule has 2 heterocycles. The van der Waals surface area contributed by atoms with Gasteiger partial charge in [-0.05, 0) is 30.2 Å². The summed E-state index contributed by atoms with van der Waals surface area (Å²) in [5.41, 5.74) is 3.20. The molecule has 6 heteroatoms. The number of amides is 2. The minimum absolute atomic E-state index is 0.00769. The fourth-order valence-electron chi connectivity index (χ4n) is 2.77. The molecule has 3 rings (SSSR count). The number of carbonyl (C=O) groups is 2. The Hall–Kier alpha value is -2.37. The van der Waals surface area contributed by atoms with Gasteiger partial charge >= 0.3 is 0 Å². The number of nitrogens with one attached hydrogen (secondary N) is 1. The van der Waals surface area contributed by atoms with Crippen molar-refractivity contribution in [3.63, 3.8) is 0 Å². The third-order valence-electron chi connectivity index (χ3n) is 4.02. The number of nitrogens with zero attached hydrogens (tertiary/aromatic N) is 2. The molecule has 1 fully saturated rings. The molecule has 2 amide bonds. The predicted molar refractivity (Wildman–Crippen MR) is 77.8 cm³/mol. The van der Waals surface area contributed by atoms with Crippen LogP contribution >= 0.6 is 0 Å². The van der Waals surface area contributed by atoms with Gasteiger partial charge in [-0.3, -0.25) is 9.59 Å². The van der Waals surface area contributed by atoms with Gasteiger partial charge in [0, 0.05) is 43.6 Å². The first-order chi connectivity index (χ1) is 10.2. The van der Waals surface area contributed by atoms with E-state index < -0.39 is 0 Å². The summed E-state index contributed by atoms with van der Waals surface area (Å²) in [6.07, 6.45) is 2.36. The monoisotopic (exact) mass is 287 g/mol. The van der Waals surface area contributed by atoms with Crippen molar-refractivity contribution in [3.05, 3.63) is 29.3 Å². The van der Waals surface area contributed by atoms with Gasteiger partial charge in [-0.15, -0.1) is 0 Å². The van der Waals surface area contributed by atoms with Crippen LogP contribution in [-0.2, 0) is 11.2 Å². The number of carbonyl (C=O) groups excluding carboxylic acids is 2. The molecule has 0 radical (unpaired) electrons. The molecule has 21 heavy (non-hydrogen) atoms. The molecule has 6 nitrogen and oxygen atoms in total. The Labute approximate surface area is 122 Å². The van der Waals surface area contributed by atoms with Crippen molar-refractivity contribution in [2.45, 2.75) is 25.7 Å². The van der Waals surface area contributed by atoms with Crippen molar-refractivity contribution < 1.29 is 14.8 Å². The van der Waals surface area contributed by atoms with Crippen LogP contribution in [0.15, 0.2) is 23.4 Å². The SMILES string of the molecule is O=C1CCc2cc(C(=O)N3CCC(=NO)CC3)ccc2N1. The van der Waals surface area contributed by atoms with E-state index in [9.17, 15) is 9.59 Å². The van der Waals surface area contributed by atoms with Gasteiger partial charge in [0.15, 0.2) is 0 Å². The third kappa shape index (κ3) is 2.74. The van der Waals surface area contributed by atoms with E-state index in [0.717, 1.165) is 17.0 Å². The van der Waals surface area contributed by atoms with Gasteiger partial charge < -0.3 is 15.4 Å². The molecule has 0 unspecified atom stereocenters. The number of piperidine rings is 1. The van der Waals surface area contributed by atoms with Gasteiger partial charge in [0.2, 0.25) is 5.91 Å². The fraction of sp³-hybridized carbons (Fsp3) is 0.400. The highest BCUT2D eigenvalue weighted by molar-refractivity contribution is 5.98. The highest BCUT2D eigenvalue weighted by Gasteiger charge is 2.23. The van der Waals surface area contributed by atoms with Crippen molar-refractivity contribution in [3.8, 4) is 0 Å². The molecular formula is C15H17N3O3. The summed E-state index contributed by atoms with van der Waals surface area (Å²) in [5.74, 6) is 0.0140. The lowest BCUT2D eigenvalue weighted by molar-refractivity contribution is -0.116. The topological polar surface area (TPSA) is 82.0 Å². The van der Waals surface area contributed by atoms with Gasteiger partial charge in [-0.25, -0.2) is 0 Å². The standard InChI is InChI=1S/C15H17N3O3/c19-14-4-2-10-9-11(1-3-13(10)16-14)15(20)18-7-5-12(17-21)6-8-18/h1,3,9,21H,2,4-8H2,(H,16,19). The lowest BCUT2D eigenvalue weighted by Gasteiger charge is -2.27. The Balaban J connectivity index is 1.75. The smallest absolute Gasteiger partial charge is 0.253 e. The average Bonchev–Trinajstić information content (AvgIpc) is 2.53. The molecule has 0 aliphatic carbocycles. The maximum atomic E-state index is 12.5. The van der Waals surface area contributed by atoms with Crippen LogP contribution in [0.1, 0.15) is 35.2 Å². The highest BCUT2D eigenvalue weighted by Crippen LogP contribution is 2.24. The van der Waals surface area contributed by atoms with Gasteiger partial charge in [0.1, 0.15) is 0 Å². The van der Waals surface area contributed by atoms with E-state index in [1.165, 1.54) is 0 Å². The minimum Gasteiger partial charge on any atom is -0.411 e. The van der Waals surface area contributed by atoms with Crippen LogP contribution in [0, 0.1) is 0 Å². The summed E-state index contributed by atoms with van der Waals surface area (Å²) in [7, 11) is 0. The molecule has 1 aromatic rings. The van der Waals surface area contributed by atoms with Gasteiger partial charge in [0.25, 0.3) is 5.91 Å². The average molecular weight is 287 g/mol. The molecule has 1 saturated heterocycles. The normalized spacial score (nSPS) is 18.0. The minimum atomic E-state index is -0.00769.